The highest BCUT2D eigenvalue weighted by molar-refractivity contribution is 5.89. The van der Waals surface area contributed by atoms with Gasteiger partial charge in [-0.3, -0.25) is 0 Å². The average molecular weight is 318 g/mol. The van der Waals surface area contributed by atoms with Crippen LogP contribution in [0.1, 0.15) is 65.7 Å². The molecule has 3 heteroatoms. The molecule has 2 rings (SSSR count). The van der Waals surface area contributed by atoms with Crippen LogP contribution in [0.25, 0.3) is 0 Å². The largest absolute Gasteiger partial charge is 0.456 e. The van der Waals surface area contributed by atoms with Gasteiger partial charge in [-0.15, -0.1) is 0 Å². The number of aliphatic hydroxyl groups is 1. The van der Waals surface area contributed by atoms with Crippen LogP contribution in [0.15, 0.2) is 35.5 Å². The van der Waals surface area contributed by atoms with E-state index in [0.29, 0.717) is 18.4 Å². The first-order chi connectivity index (χ1) is 10.8. The van der Waals surface area contributed by atoms with Crippen molar-refractivity contribution < 1.29 is 14.6 Å². The third-order valence-corrected chi connectivity index (χ3v) is 5.26. The highest BCUT2D eigenvalue weighted by Gasteiger charge is 2.41. The molecule has 0 radical (unpaired) electrons. The smallest absolute Gasteiger partial charge is 0.334 e. The van der Waals surface area contributed by atoms with E-state index in [1.54, 1.807) is 6.92 Å². The normalized spacial score (nSPS) is 38.6. The second-order valence-corrected chi connectivity index (χ2v) is 7.43. The molecule has 1 N–H and O–H groups in total. The molecule has 3 nitrogen and oxygen atoms in total. The molecule has 2 aliphatic rings. The molecule has 0 aromatic heterocycles. The summed E-state index contributed by atoms with van der Waals surface area (Å²) >= 11 is 0. The quantitative estimate of drug-likeness (QED) is 0.407. The van der Waals surface area contributed by atoms with E-state index in [4.69, 9.17) is 4.74 Å². The number of carbonyl (C=O) groups is 1. The Labute approximate surface area is 140 Å². The van der Waals surface area contributed by atoms with Crippen LogP contribution in [-0.2, 0) is 9.53 Å². The van der Waals surface area contributed by atoms with E-state index in [9.17, 15) is 9.90 Å². The molecule has 0 aromatic rings. The SMILES string of the molecule is C=C1C(=O)O[C@@H]2C[C@H]1CC/C(C)=C/CC/C(C)=C/CC[C@@]2(C)O. The predicted molar refractivity (Wildman–Crippen MR) is 93.0 cm³/mol. The molecular weight excluding hydrogens is 288 g/mol. The second-order valence-electron chi connectivity index (χ2n) is 7.43. The summed E-state index contributed by atoms with van der Waals surface area (Å²) in [5.74, 6) is -0.233. The molecular formula is C20H30O3. The van der Waals surface area contributed by atoms with Crippen LogP contribution in [0.5, 0.6) is 0 Å². The molecule has 0 unspecified atom stereocenters. The van der Waals surface area contributed by atoms with Crippen LogP contribution < -0.4 is 0 Å². The number of esters is 1. The molecule has 0 amide bonds. The number of rotatable bonds is 0. The van der Waals surface area contributed by atoms with Gasteiger partial charge in [-0.05, 0) is 71.6 Å². The highest BCUT2D eigenvalue weighted by atomic mass is 16.6. The zero-order valence-electron chi connectivity index (χ0n) is 14.7. The van der Waals surface area contributed by atoms with Gasteiger partial charge in [-0.25, -0.2) is 4.79 Å². The maximum Gasteiger partial charge on any atom is 0.334 e. The van der Waals surface area contributed by atoms with Crippen molar-refractivity contribution in [1.29, 1.82) is 0 Å². The summed E-state index contributed by atoms with van der Waals surface area (Å²) in [6.07, 6.45) is 10.1. The molecule has 0 spiro atoms. The minimum Gasteiger partial charge on any atom is -0.456 e. The summed E-state index contributed by atoms with van der Waals surface area (Å²) in [7, 11) is 0. The van der Waals surface area contributed by atoms with E-state index >= 15 is 0 Å². The van der Waals surface area contributed by atoms with Crippen LogP contribution in [0.4, 0.5) is 0 Å². The fourth-order valence-electron chi connectivity index (χ4n) is 3.42. The summed E-state index contributed by atoms with van der Waals surface area (Å²) < 4.78 is 5.47. The van der Waals surface area contributed by atoms with Crippen LogP contribution in [-0.4, -0.2) is 22.8 Å². The van der Waals surface area contributed by atoms with E-state index in [0.717, 1.165) is 32.1 Å². The molecule has 1 fully saturated rings. The third-order valence-electron chi connectivity index (χ3n) is 5.26. The topological polar surface area (TPSA) is 46.5 Å². The lowest BCUT2D eigenvalue weighted by Crippen LogP contribution is -2.47. The molecule has 1 saturated heterocycles. The van der Waals surface area contributed by atoms with Gasteiger partial charge in [0.2, 0.25) is 0 Å². The molecule has 1 heterocycles. The van der Waals surface area contributed by atoms with Crippen molar-refractivity contribution in [3.63, 3.8) is 0 Å². The lowest BCUT2D eigenvalue weighted by Gasteiger charge is -2.38. The molecule has 2 bridgehead atoms. The van der Waals surface area contributed by atoms with Gasteiger partial charge in [0.05, 0.1) is 5.60 Å². The summed E-state index contributed by atoms with van der Waals surface area (Å²) in [6, 6.07) is 0. The Balaban J connectivity index is 2.21. The van der Waals surface area contributed by atoms with Gasteiger partial charge in [-0.1, -0.05) is 29.9 Å². The Morgan fingerprint density at radius 3 is 2.61 bits per heavy atom. The number of carbonyl (C=O) groups excluding carboxylic acids is 1. The lowest BCUT2D eigenvalue weighted by molar-refractivity contribution is -0.168. The van der Waals surface area contributed by atoms with Gasteiger partial charge >= 0.3 is 5.97 Å². The van der Waals surface area contributed by atoms with Gasteiger partial charge in [0.15, 0.2) is 0 Å². The van der Waals surface area contributed by atoms with Crippen molar-refractivity contribution in [3.8, 4) is 0 Å². The van der Waals surface area contributed by atoms with Crippen molar-refractivity contribution in [1.82, 2.24) is 0 Å². The Bertz CT molecular complexity index is 525. The predicted octanol–water partition coefficient (Wildman–Crippen LogP) is 4.47. The first-order valence-electron chi connectivity index (χ1n) is 8.73. The van der Waals surface area contributed by atoms with Gasteiger partial charge in [0, 0.05) is 5.57 Å². The fraction of sp³-hybridized carbons (Fsp3) is 0.650. The minimum absolute atomic E-state index is 0.108. The number of fused-ring (bicyclic) bond motifs is 2. The standard InChI is InChI=1S/C20H30O3/c1-14-7-5-8-15(2)10-11-17-13-18(23-19(21)16(17)3)20(4,22)12-6-9-14/h8-9,17-18,22H,3,5-7,10-13H2,1-2,4H3/b14-9+,15-8+/t17-,18-,20-/m1/s1. The summed E-state index contributed by atoms with van der Waals surface area (Å²) in [6.45, 7) is 10.0. The van der Waals surface area contributed by atoms with Gasteiger partial charge in [0.1, 0.15) is 6.10 Å². The molecule has 3 atom stereocenters. The Hall–Kier alpha value is -1.35. The Morgan fingerprint density at radius 2 is 1.87 bits per heavy atom. The van der Waals surface area contributed by atoms with Crippen molar-refractivity contribution in [2.24, 2.45) is 5.92 Å². The number of hydrogen-bond donors (Lipinski definition) is 1. The highest BCUT2D eigenvalue weighted by Crippen LogP contribution is 2.36. The Morgan fingerprint density at radius 1 is 1.22 bits per heavy atom. The molecule has 0 aromatic carbocycles. The summed E-state index contributed by atoms with van der Waals surface area (Å²) in [5, 5.41) is 10.8. The van der Waals surface area contributed by atoms with Crippen LogP contribution in [0.2, 0.25) is 0 Å². The average Bonchev–Trinajstić information content (AvgIpc) is 2.47. The molecule has 23 heavy (non-hydrogen) atoms. The Kier molecular flexibility index (Phi) is 5.85. The molecule has 1 aliphatic carbocycles. The van der Waals surface area contributed by atoms with Gasteiger partial charge in [-0.2, -0.15) is 0 Å². The molecule has 1 aliphatic heterocycles. The molecule has 128 valence electrons. The minimum atomic E-state index is -0.986. The number of hydrogen-bond acceptors (Lipinski definition) is 3. The van der Waals surface area contributed by atoms with E-state index in [1.807, 2.05) is 0 Å². The molecule has 0 saturated carbocycles. The monoisotopic (exact) mass is 318 g/mol. The first kappa shape index (κ1) is 18.0. The maximum atomic E-state index is 12.1. The zero-order valence-corrected chi connectivity index (χ0v) is 14.7. The van der Waals surface area contributed by atoms with E-state index < -0.39 is 11.7 Å². The number of ether oxygens (including phenoxy) is 1. The van der Waals surface area contributed by atoms with Crippen LogP contribution >= 0.6 is 0 Å². The number of allylic oxidation sites excluding steroid dienone is 4. The van der Waals surface area contributed by atoms with Crippen molar-refractivity contribution in [2.45, 2.75) is 77.4 Å². The third kappa shape index (κ3) is 4.81. The van der Waals surface area contributed by atoms with Crippen molar-refractivity contribution in [3.05, 3.63) is 35.5 Å². The summed E-state index contributed by atoms with van der Waals surface area (Å²) in [5.41, 5.74) is 2.30. The fourth-order valence-corrected chi connectivity index (χ4v) is 3.42. The van der Waals surface area contributed by atoms with Gasteiger partial charge < -0.3 is 9.84 Å². The van der Waals surface area contributed by atoms with Crippen LogP contribution in [0.3, 0.4) is 0 Å². The first-order valence-corrected chi connectivity index (χ1v) is 8.73. The van der Waals surface area contributed by atoms with E-state index in [-0.39, 0.29) is 11.9 Å². The maximum absolute atomic E-state index is 12.1. The summed E-state index contributed by atoms with van der Waals surface area (Å²) in [4.78, 5) is 12.1. The second kappa shape index (κ2) is 7.48. The van der Waals surface area contributed by atoms with Crippen molar-refractivity contribution >= 4 is 5.97 Å². The van der Waals surface area contributed by atoms with Crippen LogP contribution in [0, 0.1) is 5.92 Å². The zero-order chi connectivity index (χ0) is 17.0. The van der Waals surface area contributed by atoms with E-state index in [2.05, 4.69) is 32.6 Å². The van der Waals surface area contributed by atoms with Crippen molar-refractivity contribution in [2.75, 3.05) is 0 Å². The van der Waals surface area contributed by atoms with Gasteiger partial charge in [0.25, 0.3) is 0 Å². The van der Waals surface area contributed by atoms with E-state index in [1.165, 1.54) is 11.1 Å². The lowest BCUT2D eigenvalue weighted by atomic mass is 9.79.